The van der Waals surface area contributed by atoms with Crippen molar-refractivity contribution in [2.45, 2.75) is 38.5 Å². The molecular weight excluding hydrogens is 368 g/mol. The molecule has 1 aromatic carbocycles. The van der Waals surface area contributed by atoms with Gasteiger partial charge in [0.25, 0.3) is 5.56 Å². The quantitative estimate of drug-likeness (QED) is 0.431. The highest BCUT2D eigenvalue weighted by molar-refractivity contribution is 5.89. The fourth-order valence-electron chi connectivity index (χ4n) is 4.49. The number of nitrogens with zero attached hydrogens (tertiary/aromatic N) is 2. The molecule has 0 bridgehead atoms. The van der Waals surface area contributed by atoms with Crippen molar-refractivity contribution in [2.24, 2.45) is 0 Å². The van der Waals surface area contributed by atoms with Crippen LogP contribution in [0.15, 0.2) is 47.8 Å². The molecule has 0 spiro atoms. The third-order valence-electron chi connectivity index (χ3n) is 6.06. The molecule has 5 rings (SSSR count). The Hall–Kier alpha value is -3.25. The molecule has 6 heteroatoms. The van der Waals surface area contributed by atoms with Gasteiger partial charge in [0.1, 0.15) is 6.61 Å². The van der Waals surface area contributed by atoms with Crippen LogP contribution in [0.25, 0.3) is 22.3 Å². The molecule has 0 aliphatic carbocycles. The molecule has 0 saturated heterocycles. The van der Waals surface area contributed by atoms with Crippen LogP contribution in [-0.4, -0.2) is 20.6 Å². The van der Waals surface area contributed by atoms with Crippen molar-refractivity contribution >= 4 is 16.9 Å². The second-order valence-corrected chi connectivity index (χ2v) is 7.53. The normalized spacial score (nSPS) is 19.4. The number of ether oxygens (including phenoxy) is 1. The topological polar surface area (TPSA) is 81.4 Å². The van der Waals surface area contributed by atoms with E-state index in [0.717, 1.165) is 27.7 Å². The Bertz CT molecular complexity index is 1270. The number of hydrogen-bond donors (Lipinski definition) is 1. The first-order valence-electron chi connectivity index (χ1n) is 9.68. The highest BCUT2D eigenvalue weighted by Gasteiger charge is 2.45. The zero-order valence-corrected chi connectivity index (χ0v) is 16.1. The number of benzene rings is 1. The van der Waals surface area contributed by atoms with Crippen LogP contribution in [0.5, 0.6) is 0 Å². The van der Waals surface area contributed by atoms with E-state index in [9.17, 15) is 14.7 Å². The first-order chi connectivity index (χ1) is 14.0. The molecule has 146 valence electrons. The SMILES string of the molecule is C=CCc1c2c(nc3ccccc13)-c1cc3c(c(=O)n1C2)COC(=O)[C@]3(O)CC. The monoisotopic (exact) mass is 388 g/mol. The molecule has 0 saturated carbocycles. The van der Waals surface area contributed by atoms with E-state index in [1.54, 1.807) is 17.6 Å². The molecule has 2 aliphatic heterocycles. The van der Waals surface area contributed by atoms with Crippen molar-refractivity contribution in [3.63, 3.8) is 0 Å². The van der Waals surface area contributed by atoms with E-state index in [0.29, 0.717) is 29.8 Å². The Labute approximate surface area is 167 Å². The average molecular weight is 388 g/mol. The number of allylic oxidation sites excluding steroid dienone is 1. The molecule has 2 aromatic heterocycles. The van der Waals surface area contributed by atoms with Gasteiger partial charge in [0.05, 0.1) is 29.0 Å². The largest absolute Gasteiger partial charge is 0.458 e. The average Bonchev–Trinajstić information content (AvgIpc) is 3.10. The lowest BCUT2D eigenvalue weighted by atomic mass is 9.86. The molecule has 1 atom stereocenters. The Morgan fingerprint density at radius 1 is 1.31 bits per heavy atom. The standard InChI is InChI=1S/C23H20N2O4/c1-3-7-13-14-8-5-6-9-18(14)24-20-15(13)11-25-19(20)10-17-16(21(25)26)12-29-22(27)23(17,28)4-2/h3,5-6,8-10,28H,1,4,7,11-12H2,2H3/t23-/m0/s1. The Morgan fingerprint density at radius 3 is 2.86 bits per heavy atom. The van der Waals surface area contributed by atoms with E-state index in [4.69, 9.17) is 9.72 Å². The zero-order chi connectivity index (χ0) is 20.3. The molecule has 2 aliphatic rings. The van der Waals surface area contributed by atoms with Crippen LogP contribution in [0.4, 0.5) is 0 Å². The van der Waals surface area contributed by atoms with E-state index in [1.807, 2.05) is 30.3 Å². The van der Waals surface area contributed by atoms with Gasteiger partial charge in [-0.15, -0.1) is 6.58 Å². The van der Waals surface area contributed by atoms with Gasteiger partial charge in [-0.3, -0.25) is 4.79 Å². The van der Waals surface area contributed by atoms with E-state index >= 15 is 0 Å². The summed E-state index contributed by atoms with van der Waals surface area (Å²) >= 11 is 0. The summed E-state index contributed by atoms with van der Waals surface area (Å²) in [6, 6.07) is 9.62. The fraction of sp³-hybridized carbons (Fsp3) is 0.261. The van der Waals surface area contributed by atoms with Crippen LogP contribution in [0, 0.1) is 0 Å². The fourth-order valence-corrected chi connectivity index (χ4v) is 4.49. The van der Waals surface area contributed by atoms with Crippen LogP contribution >= 0.6 is 0 Å². The molecular formula is C23H20N2O4. The van der Waals surface area contributed by atoms with Crippen LogP contribution in [0.1, 0.15) is 35.6 Å². The van der Waals surface area contributed by atoms with E-state index in [-0.39, 0.29) is 18.6 Å². The van der Waals surface area contributed by atoms with E-state index < -0.39 is 11.6 Å². The molecule has 0 unspecified atom stereocenters. The van der Waals surface area contributed by atoms with Crippen LogP contribution in [-0.2, 0) is 34.7 Å². The number of pyridine rings is 2. The summed E-state index contributed by atoms with van der Waals surface area (Å²) in [4.78, 5) is 30.4. The number of para-hydroxylation sites is 1. The lowest BCUT2D eigenvalue weighted by Gasteiger charge is -2.31. The predicted octanol–water partition coefficient (Wildman–Crippen LogP) is 2.81. The van der Waals surface area contributed by atoms with Crippen LogP contribution < -0.4 is 5.56 Å². The number of aliphatic hydroxyl groups is 1. The van der Waals surface area contributed by atoms with Gasteiger partial charge in [-0.2, -0.15) is 0 Å². The molecule has 6 nitrogen and oxygen atoms in total. The molecule has 29 heavy (non-hydrogen) atoms. The first-order valence-corrected chi connectivity index (χ1v) is 9.68. The molecule has 3 aromatic rings. The highest BCUT2D eigenvalue weighted by atomic mass is 16.6. The summed E-state index contributed by atoms with van der Waals surface area (Å²) in [7, 11) is 0. The first kappa shape index (κ1) is 17.8. The van der Waals surface area contributed by atoms with Crippen molar-refractivity contribution < 1.29 is 14.6 Å². The van der Waals surface area contributed by atoms with Crippen molar-refractivity contribution in [3.05, 3.63) is 75.6 Å². The van der Waals surface area contributed by atoms with Gasteiger partial charge < -0.3 is 14.4 Å². The maximum absolute atomic E-state index is 13.3. The van der Waals surface area contributed by atoms with Gasteiger partial charge >= 0.3 is 5.97 Å². The van der Waals surface area contributed by atoms with Crippen molar-refractivity contribution in [1.82, 2.24) is 9.55 Å². The van der Waals surface area contributed by atoms with Gasteiger partial charge in [-0.25, -0.2) is 9.78 Å². The maximum atomic E-state index is 13.3. The van der Waals surface area contributed by atoms with Crippen molar-refractivity contribution in [3.8, 4) is 11.4 Å². The minimum Gasteiger partial charge on any atom is -0.458 e. The summed E-state index contributed by atoms with van der Waals surface area (Å²) in [6.45, 7) is 5.85. The molecule has 1 N–H and O–H groups in total. The summed E-state index contributed by atoms with van der Waals surface area (Å²) in [5, 5.41) is 12.0. The summed E-state index contributed by atoms with van der Waals surface area (Å²) in [5.41, 5.74) is 2.87. The molecule has 0 radical (unpaired) electrons. The number of hydrogen-bond acceptors (Lipinski definition) is 5. The van der Waals surface area contributed by atoms with Crippen molar-refractivity contribution in [1.29, 1.82) is 0 Å². The minimum atomic E-state index is -1.81. The number of aromatic nitrogens is 2. The van der Waals surface area contributed by atoms with E-state index in [1.165, 1.54) is 0 Å². The van der Waals surface area contributed by atoms with Crippen LogP contribution in [0.3, 0.4) is 0 Å². The summed E-state index contributed by atoms with van der Waals surface area (Å²) in [6.07, 6.45) is 2.64. The number of cyclic esters (lactones) is 1. The zero-order valence-electron chi connectivity index (χ0n) is 16.1. The summed E-state index contributed by atoms with van der Waals surface area (Å²) < 4.78 is 6.79. The Morgan fingerprint density at radius 2 is 2.10 bits per heavy atom. The van der Waals surface area contributed by atoms with E-state index in [2.05, 4.69) is 6.58 Å². The van der Waals surface area contributed by atoms with Gasteiger partial charge in [0.15, 0.2) is 5.60 Å². The van der Waals surface area contributed by atoms with Gasteiger partial charge in [0.2, 0.25) is 0 Å². The Balaban J connectivity index is 1.84. The second-order valence-electron chi connectivity index (χ2n) is 7.53. The third-order valence-corrected chi connectivity index (χ3v) is 6.06. The summed E-state index contributed by atoms with van der Waals surface area (Å²) in [5.74, 6) is -0.714. The molecule has 4 heterocycles. The number of esters is 1. The predicted molar refractivity (Wildman–Crippen MR) is 108 cm³/mol. The molecule has 0 amide bonds. The number of carbonyl (C=O) groups excluding carboxylic acids is 1. The lowest BCUT2D eigenvalue weighted by Crippen LogP contribution is -2.44. The molecule has 0 fully saturated rings. The third kappa shape index (κ3) is 2.29. The minimum absolute atomic E-state index is 0.124. The second kappa shape index (κ2) is 6.12. The van der Waals surface area contributed by atoms with Crippen molar-refractivity contribution in [2.75, 3.05) is 0 Å². The Kier molecular flexibility index (Phi) is 3.76. The number of carbonyl (C=O) groups is 1. The van der Waals surface area contributed by atoms with Gasteiger partial charge in [0, 0.05) is 16.5 Å². The van der Waals surface area contributed by atoms with Crippen LogP contribution in [0.2, 0.25) is 0 Å². The number of rotatable bonds is 3. The lowest BCUT2D eigenvalue weighted by molar-refractivity contribution is -0.172. The smallest absolute Gasteiger partial charge is 0.343 e. The van der Waals surface area contributed by atoms with Gasteiger partial charge in [-0.05, 0) is 30.5 Å². The number of fused-ring (bicyclic) bond motifs is 5. The van der Waals surface area contributed by atoms with Gasteiger partial charge in [-0.1, -0.05) is 31.2 Å². The highest BCUT2D eigenvalue weighted by Crippen LogP contribution is 2.40. The maximum Gasteiger partial charge on any atom is 0.343 e.